The van der Waals surface area contributed by atoms with Crippen molar-refractivity contribution in [2.24, 2.45) is 0 Å². The van der Waals surface area contributed by atoms with E-state index in [1.54, 1.807) is 6.07 Å². The van der Waals surface area contributed by atoms with E-state index in [-0.39, 0.29) is 11.9 Å². The summed E-state index contributed by atoms with van der Waals surface area (Å²) in [4.78, 5) is 19.6. The van der Waals surface area contributed by atoms with E-state index in [0.717, 1.165) is 53.7 Å². The average Bonchev–Trinajstić information content (AvgIpc) is 2.76. The van der Waals surface area contributed by atoms with E-state index in [9.17, 15) is 4.79 Å². The van der Waals surface area contributed by atoms with Crippen molar-refractivity contribution in [1.82, 2.24) is 10.3 Å². The second kappa shape index (κ2) is 8.84. The Morgan fingerprint density at radius 2 is 1.74 bits per heavy atom. The molecule has 0 atom stereocenters. The maximum absolute atomic E-state index is 12.7. The molecule has 1 aromatic heterocycles. The van der Waals surface area contributed by atoms with Gasteiger partial charge in [-0.2, -0.15) is 0 Å². The lowest BCUT2D eigenvalue weighted by Crippen LogP contribution is -2.40. The third-order valence-electron chi connectivity index (χ3n) is 6.16. The van der Waals surface area contributed by atoms with Crippen LogP contribution in [0.15, 0.2) is 48.5 Å². The Morgan fingerprint density at radius 3 is 2.48 bits per heavy atom. The van der Waals surface area contributed by atoms with Crippen LogP contribution in [-0.2, 0) is 0 Å². The molecule has 1 saturated carbocycles. The van der Waals surface area contributed by atoms with E-state index in [1.807, 2.05) is 31.2 Å². The van der Waals surface area contributed by atoms with Crippen molar-refractivity contribution in [3.05, 3.63) is 59.7 Å². The number of carbonyl (C=O) groups excluding carboxylic acids is 1. The van der Waals surface area contributed by atoms with E-state index >= 15 is 0 Å². The highest BCUT2D eigenvalue weighted by atomic mass is 16.1. The van der Waals surface area contributed by atoms with E-state index in [0.29, 0.717) is 17.3 Å². The summed E-state index contributed by atoms with van der Waals surface area (Å²) < 4.78 is 0. The van der Waals surface area contributed by atoms with Gasteiger partial charge in [0, 0.05) is 49.0 Å². The number of amides is 1. The third kappa shape index (κ3) is 4.58. The Labute approximate surface area is 183 Å². The molecule has 6 nitrogen and oxygen atoms in total. The molecular formula is C25H31N5O. The molecule has 0 saturated heterocycles. The van der Waals surface area contributed by atoms with Crippen LogP contribution < -0.4 is 21.3 Å². The van der Waals surface area contributed by atoms with Gasteiger partial charge in [-0.3, -0.25) is 4.79 Å². The molecule has 3 aromatic rings. The van der Waals surface area contributed by atoms with Crippen LogP contribution in [0.1, 0.15) is 41.6 Å². The highest BCUT2D eigenvalue weighted by Crippen LogP contribution is 2.29. The molecular weight excluding hydrogens is 386 g/mol. The molecule has 0 spiro atoms. The minimum Gasteiger partial charge on any atom is -0.398 e. The van der Waals surface area contributed by atoms with Crippen molar-refractivity contribution in [3.8, 4) is 0 Å². The van der Waals surface area contributed by atoms with Crippen molar-refractivity contribution < 1.29 is 4.79 Å². The van der Waals surface area contributed by atoms with E-state index in [2.05, 4.69) is 47.8 Å². The molecule has 1 fully saturated rings. The van der Waals surface area contributed by atoms with E-state index < -0.39 is 0 Å². The summed E-state index contributed by atoms with van der Waals surface area (Å²) in [5, 5.41) is 7.94. The first kappa shape index (κ1) is 21.0. The molecule has 0 aliphatic heterocycles. The quantitative estimate of drug-likeness (QED) is 0.538. The van der Waals surface area contributed by atoms with Gasteiger partial charge in [-0.25, -0.2) is 4.98 Å². The smallest absolute Gasteiger partial charge is 0.253 e. The summed E-state index contributed by atoms with van der Waals surface area (Å²) in [6, 6.07) is 16.5. The van der Waals surface area contributed by atoms with Gasteiger partial charge in [0.2, 0.25) is 0 Å². The number of pyridine rings is 1. The molecule has 1 amide bonds. The standard InChI is InChI=1S/C25H31N5O/c1-16-7-6-9-20(24(16)26)25(31)28-18-13-11-17(12-14-18)27-23-15-22(30(2)3)19-8-4-5-10-21(19)29-23/h4-10,15,17-18H,11-14,26H2,1-3H3,(H,27,29)(H,28,31). The number of aryl methyl sites for hydroxylation is 1. The van der Waals surface area contributed by atoms with Gasteiger partial charge in [0.15, 0.2) is 0 Å². The molecule has 0 radical (unpaired) electrons. The number of nitrogens with one attached hydrogen (secondary N) is 2. The number of rotatable bonds is 5. The lowest BCUT2D eigenvalue weighted by Gasteiger charge is -2.30. The van der Waals surface area contributed by atoms with E-state index in [4.69, 9.17) is 10.7 Å². The van der Waals surface area contributed by atoms with Crippen molar-refractivity contribution in [1.29, 1.82) is 0 Å². The summed E-state index contributed by atoms with van der Waals surface area (Å²) >= 11 is 0. The SMILES string of the molecule is Cc1cccc(C(=O)NC2CCC(Nc3cc(N(C)C)c4ccccc4n3)CC2)c1N. The van der Waals surface area contributed by atoms with Crippen LogP contribution in [-0.4, -0.2) is 37.1 Å². The zero-order valence-corrected chi connectivity index (χ0v) is 18.5. The number of aromatic nitrogens is 1. The highest BCUT2D eigenvalue weighted by Gasteiger charge is 2.24. The number of nitrogens with zero attached hydrogens (tertiary/aromatic N) is 2. The van der Waals surface area contributed by atoms with Crippen molar-refractivity contribution in [2.75, 3.05) is 30.0 Å². The summed E-state index contributed by atoms with van der Waals surface area (Å²) in [7, 11) is 4.11. The van der Waals surface area contributed by atoms with Crippen LogP contribution in [0.2, 0.25) is 0 Å². The van der Waals surface area contributed by atoms with Crippen molar-refractivity contribution >= 4 is 34.0 Å². The molecule has 1 aliphatic rings. The first-order valence-electron chi connectivity index (χ1n) is 10.9. The number of benzene rings is 2. The molecule has 162 valence electrons. The first-order chi connectivity index (χ1) is 14.9. The van der Waals surface area contributed by atoms with Crippen LogP contribution in [0.5, 0.6) is 0 Å². The highest BCUT2D eigenvalue weighted by molar-refractivity contribution is 5.99. The monoisotopic (exact) mass is 417 g/mol. The summed E-state index contributed by atoms with van der Waals surface area (Å²) in [6.07, 6.45) is 3.84. The van der Waals surface area contributed by atoms with Gasteiger partial charge in [0.1, 0.15) is 5.82 Å². The van der Waals surface area contributed by atoms with Gasteiger partial charge < -0.3 is 21.3 Å². The Kier molecular flexibility index (Phi) is 5.98. The Morgan fingerprint density at radius 1 is 1.03 bits per heavy atom. The number of nitrogen functional groups attached to an aromatic ring is 1. The third-order valence-corrected chi connectivity index (χ3v) is 6.16. The van der Waals surface area contributed by atoms with E-state index in [1.165, 1.54) is 0 Å². The number of carbonyl (C=O) groups is 1. The van der Waals surface area contributed by atoms with Crippen LogP contribution >= 0.6 is 0 Å². The predicted molar refractivity (Wildman–Crippen MR) is 129 cm³/mol. The molecule has 4 rings (SSSR count). The molecule has 0 unspecified atom stereocenters. The Hall–Kier alpha value is -3.28. The number of nitrogens with two attached hydrogens (primary N) is 1. The minimum absolute atomic E-state index is 0.0792. The fraction of sp³-hybridized carbons (Fsp3) is 0.360. The molecule has 31 heavy (non-hydrogen) atoms. The van der Waals surface area contributed by atoms with Crippen LogP contribution in [0.4, 0.5) is 17.2 Å². The van der Waals surface area contributed by atoms with Crippen LogP contribution in [0.3, 0.4) is 0 Å². The number of anilines is 3. The van der Waals surface area contributed by atoms with Crippen LogP contribution in [0, 0.1) is 6.92 Å². The topological polar surface area (TPSA) is 83.3 Å². The summed E-state index contributed by atoms with van der Waals surface area (Å²) in [5.74, 6) is 0.826. The van der Waals surface area contributed by atoms with Gasteiger partial charge in [0.25, 0.3) is 5.91 Å². The van der Waals surface area contributed by atoms with Gasteiger partial charge in [-0.05, 0) is 50.3 Å². The summed E-state index contributed by atoms with van der Waals surface area (Å²) in [6.45, 7) is 1.92. The lowest BCUT2D eigenvalue weighted by atomic mass is 9.91. The number of para-hydroxylation sites is 2. The lowest BCUT2D eigenvalue weighted by molar-refractivity contribution is 0.0927. The predicted octanol–water partition coefficient (Wildman–Crippen LogP) is 4.34. The zero-order valence-electron chi connectivity index (χ0n) is 18.5. The molecule has 2 aromatic carbocycles. The summed E-state index contributed by atoms with van der Waals surface area (Å²) in [5.41, 5.74) is 10.3. The van der Waals surface area contributed by atoms with Gasteiger partial charge in [-0.15, -0.1) is 0 Å². The molecule has 4 N–H and O–H groups in total. The second-order valence-corrected chi connectivity index (χ2v) is 8.64. The largest absolute Gasteiger partial charge is 0.398 e. The Balaban J connectivity index is 1.38. The van der Waals surface area contributed by atoms with Crippen molar-refractivity contribution in [2.45, 2.75) is 44.7 Å². The van der Waals surface area contributed by atoms with Crippen molar-refractivity contribution in [3.63, 3.8) is 0 Å². The molecule has 6 heteroatoms. The van der Waals surface area contributed by atoms with Gasteiger partial charge >= 0.3 is 0 Å². The maximum Gasteiger partial charge on any atom is 0.253 e. The molecule has 1 aliphatic carbocycles. The normalized spacial score (nSPS) is 18.5. The maximum atomic E-state index is 12.7. The number of hydrogen-bond acceptors (Lipinski definition) is 5. The van der Waals surface area contributed by atoms with Gasteiger partial charge in [0.05, 0.1) is 11.1 Å². The second-order valence-electron chi connectivity index (χ2n) is 8.64. The fourth-order valence-electron chi connectivity index (χ4n) is 4.33. The Bertz CT molecular complexity index is 1090. The van der Waals surface area contributed by atoms with Gasteiger partial charge in [-0.1, -0.05) is 30.3 Å². The fourth-order valence-corrected chi connectivity index (χ4v) is 4.33. The molecule has 1 heterocycles. The number of fused-ring (bicyclic) bond motifs is 1. The molecule has 0 bridgehead atoms. The zero-order chi connectivity index (χ0) is 22.0. The number of hydrogen-bond donors (Lipinski definition) is 3. The first-order valence-corrected chi connectivity index (χ1v) is 10.9. The van der Waals surface area contributed by atoms with Crippen LogP contribution in [0.25, 0.3) is 10.9 Å². The average molecular weight is 418 g/mol. The minimum atomic E-state index is -0.0792.